The minimum Gasteiger partial charge on any atom is -0.384 e. The third-order valence-electron chi connectivity index (χ3n) is 4.08. The predicted molar refractivity (Wildman–Crippen MR) is 82.8 cm³/mol. The molecule has 1 atom stereocenters. The molecule has 3 nitrogen and oxygen atoms in total. The monoisotopic (exact) mass is 261 g/mol. The highest BCUT2D eigenvalue weighted by atomic mass is 15.2. The molecule has 1 aliphatic rings. The lowest BCUT2D eigenvalue weighted by Gasteiger charge is -2.27. The third-order valence-corrected chi connectivity index (χ3v) is 4.08. The van der Waals surface area contributed by atoms with Crippen molar-refractivity contribution in [2.75, 3.05) is 29.9 Å². The summed E-state index contributed by atoms with van der Waals surface area (Å²) in [5.41, 5.74) is 2.80. The Labute approximate surface area is 117 Å². The van der Waals surface area contributed by atoms with Gasteiger partial charge < -0.3 is 10.2 Å². The van der Waals surface area contributed by atoms with Gasteiger partial charge in [-0.2, -0.15) is 0 Å². The summed E-state index contributed by atoms with van der Waals surface area (Å²) >= 11 is 0. The Hall–Kier alpha value is -1.25. The van der Waals surface area contributed by atoms with Gasteiger partial charge in [0.25, 0.3) is 0 Å². The number of pyridine rings is 1. The van der Waals surface area contributed by atoms with Crippen LogP contribution in [0.1, 0.15) is 40.5 Å². The third kappa shape index (κ3) is 3.62. The summed E-state index contributed by atoms with van der Waals surface area (Å²) in [5, 5.41) is 3.41. The van der Waals surface area contributed by atoms with E-state index >= 15 is 0 Å². The predicted octanol–water partition coefficient (Wildman–Crippen LogP) is 3.78. The highest BCUT2D eigenvalue weighted by Gasteiger charge is 2.31. The first kappa shape index (κ1) is 14.2. The fraction of sp³-hybridized carbons (Fsp3) is 0.688. The first-order valence-corrected chi connectivity index (χ1v) is 7.44. The van der Waals surface area contributed by atoms with Crippen molar-refractivity contribution in [1.82, 2.24) is 4.98 Å². The van der Waals surface area contributed by atoms with Crippen LogP contribution in [-0.4, -0.2) is 24.6 Å². The van der Waals surface area contributed by atoms with Gasteiger partial charge in [0.1, 0.15) is 0 Å². The summed E-state index contributed by atoms with van der Waals surface area (Å²) in [5.74, 6) is 0.778. The van der Waals surface area contributed by atoms with Gasteiger partial charge in [-0.3, -0.25) is 4.98 Å². The lowest BCUT2D eigenvalue weighted by molar-refractivity contribution is 0.263. The van der Waals surface area contributed by atoms with E-state index in [-0.39, 0.29) is 0 Å². The maximum absolute atomic E-state index is 4.37. The summed E-state index contributed by atoms with van der Waals surface area (Å²) in [4.78, 5) is 6.84. The molecule has 0 spiro atoms. The Morgan fingerprint density at radius 3 is 2.79 bits per heavy atom. The largest absolute Gasteiger partial charge is 0.384 e. The first-order valence-electron chi connectivity index (χ1n) is 7.44. The first-order chi connectivity index (χ1) is 9.00. The molecule has 3 heteroatoms. The van der Waals surface area contributed by atoms with E-state index in [1.807, 2.05) is 12.4 Å². The van der Waals surface area contributed by atoms with E-state index in [9.17, 15) is 0 Å². The number of hydrogen-bond acceptors (Lipinski definition) is 3. The Balaban J connectivity index is 2.03. The molecule has 0 bridgehead atoms. The molecule has 106 valence electrons. The van der Waals surface area contributed by atoms with Crippen LogP contribution in [0.5, 0.6) is 0 Å². The van der Waals surface area contributed by atoms with Crippen molar-refractivity contribution < 1.29 is 0 Å². The van der Waals surface area contributed by atoms with Crippen LogP contribution < -0.4 is 10.2 Å². The van der Waals surface area contributed by atoms with E-state index in [0.29, 0.717) is 5.41 Å². The van der Waals surface area contributed by atoms with Gasteiger partial charge in [-0.25, -0.2) is 0 Å². The summed E-state index contributed by atoms with van der Waals surface area (Å²) in [6.07, 6.45) is 6.33. The fourth-order valence-corrected chi connectivity index (χ4v) is 2.67. The van der Waals surface area contributed by atoms with Crippen molar-refractivity contribution >= 4 is 11.4 Å². The van der Waals surface area contributed by atoms with E-state index < -0.39 is 0 Å². The lowest BCUT2D eigenvalue weighted by Crippen LogP contribution is -2.25. The normalized spacial score (nSPS) is 19.8. The second-order valence-corrected chi connectivity index (χ2v) is 6.66. The highest BCUT2D eigenvalue weighted by molar-refractivity contribution is 5.56. The van der Waals surface area contributed by atoms with E-state index in [1.165, 1.54) is 12.1 Å². The van der Waals surface area contributed by atoms with Crippen molar-refractivity contribution in [2.24, 2.45) is 11.3 Å². The van der Waals surface area contributed by atoms with Crippen molar-refractivity contribution in [3.8, 4) is 0 Å². The molecule has 1 saturated heterocycles. The van der Waals surface area contributed by atoms with Gasteiger partial charge in [0.15, 0.2) is 0 Å². The maximum atomic E-state index is 4.37. The molecule has 0 aromatic carbocycles. The minimum atomic E-state index is 0.403. The summed E-state index contributed by atoms with van der Waals surface area (Å²) in [6.45, 7) is 12.5. The molecule has 1 aromatic heterocycles. The summed E-state index contributed by atoms with van der Waals surface area (Å²) in [6, 6.07) is 2.23. The van der Waals surface area contributed by atoms with Crippen molar-refractivity contribution in [3.05, 3.63) is 18.5 Å². The maximum Gasteiger partial charge on any atom is 0.0573 e. The number of rotatable bonds is 4. The molecule has 1 N–H and O–H groups in total. The Morgan fingerprint density at radius 2 is 2.16 bits per heavy atom. The van der Waals surface area contributed by atoms with E-state index in [4.69, 9.17) is 0 Å². The molecule has 1 fully saturated rings. The molecule has 2 rings (SSSR count). The average Bonchev–Trinajstić information content (AvgIpc) is 2.86. The quantitative estimate of drug-likeness (QED) is 0.894. The Morgan fingerprint density at radius 1 is 1.37 bits per heavy atom. The van der Waals surface area contributed by atoms with Gasteiger partial charge in [-0.1, -0.05) is 27.7 Å². The molecule has 19 heavy (non-hydrogen) atoms. The standard InChI is InChI=1S/C16H27N3/c1-5-7-18-14-9-15(11-17-10-14)19-8-6-13(12-19)16(2,3)4/h9-11,13,18H,5-8,12H2,1-4H3. The van der Waals surface area contributed by atoms with Crippen LogP contribution in [0.4, 0.5) is 11.4 Å². The van der Waals surface area contributed by atoms with Crippen LogP contribution in [0.15, 0.2) is 18.5 Å². The van der Waals surface area contributed by atoms with Gasteiger partial charge in [-0.15, -0.1) is 0 Å². The molecule has 0 saturated carbocycles. The number of aromatic nitrogens is 1. The average molecular weight is 261 g/mol. The number of nitrogens with one attached hydrogen (secondary N) is 1. The molecular weight excluding hydrogens is 234 g/mol. The number of anilines is 2. The highest BCUT2D eigenvalue weighted by Crippen LogP contribution is 2.35. The zero-order valence-electron chi connectivity index (χ0n) is 12.7. The van der Waals surface area contributed by atoms with Gasteiger partial charge in [0.05, 0.1) is 23.8 Å². The van der Waals surface area contributed by atoms with E-state index in [2.05, 4.69) is 49.0 Å². The van der Waals surface area contributed by atoms with Gasteiger partial charge >= 0.3 is 0 Å². The van der Waals surface area contributed by atoms with Crippen molar-refractivity contribution in [1.29, 1.82) is 0 Å². The van der Waals surface area contributed by atoms with Crippen LogP contribution >= 0.6 is 0 Å². The molecule has 0 radical (unpaired) electrons. The molecule has 2 heterocycles. The molecule has 1 aromatic rings. The smallest absolute Gasteiger partial charge is 0.0573 e. The van der Waals surface area contributed by atoms with E-state index in [1.54, 1.807) is 0 Å². The summed E-state index contributed by atoms with van der Waals surface area (Å²) in [7, 11) is 0. The second-order valence-electron chi connectivity index (χ2n) is 6.66. The van der Waals surface area contributed by atoms with Crippen molar-refractivity contribution in [3.63, 3.8) is 0 Å². The van der Waals surface area contributed by atoms with Gasteiger partial charge in [0.2, 0.25) is 0 Å². The zero-order valence-corrected chi connectivity index (χ0v) is 12.7. The van der Waals surface area contributed by atoms with Crippen LogP contribution in [0.3, 0.4) is 0 Å². The second kappa shape index (κ2) is 5.81. The summed E-state index contributed by atoms with van der Waals surface area (Å²) < 4.78 is 0. The van der Waals surface area contributed by atoms with Gasteiger partial charge in [0, 0.05) is 19.6 Å². The molecule has 1 aliphatic heterocycles. The fourth-order valence-electron chi connectivity index (χ4n) is 2.67. The SMILES string of the molecule is CCCNc1cncc(N2CCC(C(C)(C)C)C2)c1. The molecular formula is C16H27N3. The van der Waals surface area contributed by atoms with Gasteiger partial charge in [-0.05, 0) is 30.2 Å². The Bertz CT molecular complexity index is 409. The van der Waals surface area contributed by atoms with Crippen molar-refractivity contribution in [2.45, 2.75) is 40.5 Å². The topological polar surface area (TPSA) is 28.2 Å². The zero-order chi connectivity index (χ0) is 13.9. The lowest BCUT2D eigenvalue weighted by atomic mass is 9.80. The molecule has 0 aliphatic carbocycles. The Kier molecular flexibility index (Phi) is 4.33. The van der Waals surface area contributed by atoms with Crippen LogP contribution in [0.25, 0.3) is 0 Å². The van der Waals surface area contributed by atoms with Crippen LogP contribution in [0.2, 0.25) is 0 Å². The van der Waals surface area contributed by atoms with Crippen LogP contribution in [-0.2, 0) is 0 Å². The minimum absolute atomic E-state index is 0.403. The molecule has 1 unspecified atom stereocenters. The number of hydrogen-bond donors (Lipinski definition) is 1. The van der Waals surface area contributed by atoms with E-state index in [0.717, 1.165) is 37.7 Å². The molecule has 0 amide bonds. The van der Waals surface area contributed by atoms with Crippen LogP contribution in [0, 0.1) is 11.3 Å². The number of nitrogens with zero attached hydrogens (tertiary/aromatic N) is 2.